The minimum atomic E-state index is -0.371. The summed E-state index contributed by atoms with van der Waals surface area (Å²) < 4.78 is 0. The zero-order valence-electron chi connectivity index (χ0n) is 24.6. The normalized spacial score (nSPS) is 17.1. The number of rotatable bonds is 12. The smallest absolute Gasteiger partial charge is 0.239 e. The van der Waals surface area contributed by atoms with E-state index in [2.05, 4.69) is 40.6 Å². The van der Waals surface area contributed by atoms with Gasteiger partial charge in [0.2, 0.25) is 5.91 Å². The number of hydrogen-bond acceptors (Lipinski definition) is 4. The largest absolute Gasteiger partial charge is 0.370 e. The summed E-state index contributed by atoms with van der Waals surface area (Å²) in [6.45, 7) is 1.68. The van der Waals surface area contributed by atoms with E-state index < -0.39 is 0 Å². The van der Waals surface area contributed by atoms with Gasteiger partial charge in [-0.05, 0) is 53.6 Å². The lowest BCUT2D eigenvalue weighted by molar-refractivity contribution is -0.133. The minimum absolute atomic E-state index is 0.0401. The van der Waals surface area contributed by atoms with E-state index in [9.17, 15) is 9.59 Å². The summed E-state index contributed by atoms with van der Waals surface area (Å²) in [6, 6.07) is 34.4. The number of carbonyl (C=O) groups is 2. The molecule has 1 amide bonds. The van der Waals surface area contributed by atoms with E-state index in [-0.39, 0.29) is 35.7 Å². The summed E-state index contributed by atoms with van der Waals surface area (Å²) in [7, 11) is 0. The molecule has 1 saturated heterocycles. The highest BCUT2D eigenvalue weighted by molar-refractivity contribution is 6.00. The molecule has 5 N–H and O–H groups in total. The van der Waals surface area contributed by atoms with Gasteiger partial charge in [0.15, 0.2) is 11.7 Å². The minimum Gasteiger partial charge on any atom is -0.370 e. The number of hydrogen-bond donors (Lipinski definition) is 3. The molecule has 0 aliphatic carbocycles. The van der Waals surface area contributed by atoms with Gasteiger partial charge in [-0.25, -0.2) is 0 Å². The first-order chi connectivity index (χ1) is 21.0. The number of guanidine groups is 1. The van der Waals surface area contributed by atoms with Crippen LogP contribution in [0.2, 0.25) is 0 Å². The van der Waals surface area contributed by atoms with Crippen LogP contribution >= 0.6 is 0 Å². The monoisotopic (exact) mass is 575 g/mol. The maximum absolute atomic E-state index is 14.0. The molecule has 5 rings (SSSR count). The lowest BCUT2D eigenvalue weighted by Crippen LogP contribution is -2.46. The van der Waals surface area contributed by atoms with Crippen molar-refractivity contribution in [1.82, 2.24) is 10.2 Å². The molecule has 0 aromatic heterocycles. The fourth-order valence-electron chi connectivity index (χ4n) is 6.01. The molecule has 0 spiro atoms. The topological polar surface area (TPSA) is 114 Å². The first kappa shape index (κ1) is 30.0. The molecule has 0 saturated carbocycles. The Bertz CT molecular complexity index is 1500. The molecule has 4 aromatic carbocycles. The van der Waals surface area contributed by atoms with Crippen LogP contribution < -0.4 is 16.8 Å². The molecule has 0 unspecified atom stereocenters. The van der Waals surface area contributed by atoms with Crippen LogP contribution in [0.25, 0.3) is 10.8 Å². The quantitative estimate of drug-likeness (QED) is 0.0925. The Morgan fingerprint density at radius 1 is 0.860 bits per heavy atom. The van der Waals surface area contributed by atoms with Gasteiger partial charge in [-0.15, -0.1) is 0 Å². The van der Waals surface area contributed by atoms with Crippen molar-refractivity contribution < 1.29 is 9.59 Å². The van der Waals surface area contributed by atoms with Crippen molar-refractivity contribution in [2.75, 3.05) is 19.6 Å². The van der Waals surface area contributed by atoms with Crippen LogP contribution in [0.3, 0.4) is 0 Å². The Balaban J connectivity index is 1.31. The number of benzene rings is 4. The van der Waals surface area contributed by atoms with Crippen molar-refractivity contribution in [3.8, 4) is 0 Å². The zero-order valence-corrected chi connectivity index (χ0v) is 24.6. The molecule has 7 nitrogen and oxygen atoms in total. The summed E-state index contributed by atoms with van der Waals surface area (Å²) in [5.74, 6) is 0.322. The third-order valence-corrected chi connectivity index (χ3v) is 8.34. The number of carbonyl (C=O) groups excluding carboxylic acids is 2. The average molecular weight is 576 g/mol. The summed E-state index contributed by atoms with van der Waals surface area (Å²) in [5.41, 5.74) is 14.1. The number of nitrogens with zero attached hydrogens (tertiary/aromatic N) is 2. The SMILES string of the molecule is NC(N)=NCCC[C@@H]1N[C@H](CCC(=O)c2ccc3ccccc3c2)CCN(CC(c2ccccc2)c2ccccc2)C1=O. The Hall–Kier alpha value is -4.49. The van der Waals surface area contributed by atoms with Crippen molar-refractivity contribution >= 4 is 28.4 Å². The molecule has 0 bridgehead atoms. The molecule has 43 heavy (non-hydrogen) atoms. The van der Waals surface area contributed by atoms with E-state index >= 15 is 0 Å². The van der Waals surface area contributed by atoms with Crippen molar-refractivity contribution in [2.24, 2.45) is 16.5 Å². The molecule has 1 heterocycles. The van der Waals surface area contributed by atoms with E-state index in [1.54, 1.807) is 0 Å². The first-order valence-electron chi connectivity index (χ1n) is 15.2. The van der Waals surface area contributed by atoms with Crippen molar-refractivity contribution in [3.05, 3.63) is 120 Å². The summed E-state index contributed by atoms with van der Waals surface area (Å²) in [4.78, 5) is 33.4. The second kappa shape index (κ2) is 14.6. The molecular formula is C36H41N5O2. The van der Waals surface area contributed by atoms with Crippen molar-refractivity contribution in [2.45, 2.75) is 50.1 Å². The van der Waals surface area contributed by atoms with Gasteiger partial charge in [-0.2, -0.15) is 0 Å². The molecule has 1 fully saturated rings. The lowest BCUT2D eigenvalue weighted by atomic mass is 9.90. The number of ketones is 1. The Morgan fingerprint density at radius 3 is 2.19 bits per heavy atom. The van der Waals surface area contributed by atoms with Crippen molar-refractivity contribution in [1.29, 1.82) is 0 Å². The highest BCUT2D eigenvalue weighted by Crippen LogP contribution is 2.27. The van der Waals surface area contributed by atoms with Gasteiger partial charge in [0, 0.05) is 43.6 Å². The van der Waals surface area contributed by atoms with Crippen LogP contribution in [0.15, 0.2) is 108 Å². The molecule has 0 radical (unpaired) electrons. The van der Waals surface area contributed by atoms with Gasteiger partial charge in [0.25, 0.3) is 0 Å². The molecular weight excluding hydrogens is 534 g/mol. The number of aliphatic imine (C=N–C) groups is 1. The molecule has 222 valence electrons. The van der Waals surface area contributed by atoms with E-state index in [1.165, 1.54) is 11.1 Å². The third-order valence-electron chi connectivity index (χ3n) is 8.34. The number of amides is 1. The average Bonchev–Trinajstić information content (AvgIpc) is 3.19. The van der Waals surface area contributed by atoms with E-state index in [0.29, 0.717) is 45.3 Å². The van der Waals surface area contributed by atoms with Gasteiger partial charge in [-0.1, -0.05) is 97.1 Å². The lowest BCUT2D eigenvalue weighted by Gasteiger charge is -2.29. The summed E-state index contributed by atoms with van der Waals surface area (Å²) in [5, 5.41) is 5.80. The first-order valence-corrected chi connectivity index (χ1v) is 15.2. The van der Waals surface area contributed by atoms with Crippen LogP contribution in [0.1, 0.15) is 59.5 Å². The van der Waals surface area contributed by atoms with Crippen LogP contribution in [0, 0.1) is 0 Å². The van der Waals surface area contributed by atoms with Crippen LogP contribution in [0.4, 0.5) is 0 Å². The van der Waals surface area contributed by atoms with E-state index in [0.717, 1.165) is 22.8 Å². The molecule has 1 aliphatic heterocycles. The van der Waals surface area contributed by atoms with Gasteiger partial charge < -0.3 is 21.7 Å². The van der Waals surface area contributed by atoms with Crippen LogP contribution in [0.5, 0.6) is 0 Å². The predicted molar refractivity (Wildman–Crippen MR) is 174 cm³/mol. The maximum atomic E-state index is 14.0. The fraction of sp³-hybridized carbons (Fsp3) is 0.306. The van der Waals surface area contributed by atoms with E-state index in [4.69, 9.17) is 11.5 Å². The van der Waals surface area contributed by atoms with Crippen LogP contribution in [-0.4, -0.2) is 54.3 Å². The maximum Gasteiger partial charge on any atom is 0.239 e. The van der Waals surface area contributed by atoms with Gasteiger partial charge in [0.05, 0.1) is 6.04 Å². The Kier molecular flexibility index (Phi) is 10.2. The number of Topliss-reactive ketones (excluding diaryl/α,β-unsaturated/α-hetero) is 1. The predicted octanol–water partition coefficient (Wildman–Crippen LogP) is 5.25. The molecule has 2 atom stereocenters. The highest BCUT2D eigenvalue weighted by Gasteiger charge is 2.32. The second-order valence-electron chi connectivity index (χ2n) is 11.3. The summed E-state index contributed by atoms with van der Waals surface area (Å²) in [6.07, 6.45) is 3.15. The molecule has 7 heteroatoms. The number of nitrogens with one attached hydrogen (secondary N) is 1. The standard InChI is InChI=1S/C36H41N5O2/c37-36(38)39-22-9-16-33-35(43)41(25-32(27-11-3-1-4-12-27)28-13-5-2-6-14-28)23-21-31(40-33)19-20-34(42)30-18-17-26-10-7-8-15-29(26)24-30/h1-8,10-15,17-18,24,31-33,40H,9,16,19-23,25H2,(H4,37,38,39)/t31-,33+/m1/s1. The van der Waals surface area contributed by atoms with Gasteiger partial charge >= 0.3 is 0 Å². The summed E-state index contributed by atoms with van der Waals surface area (Å²) >= 11 is 0. The fourth-order valence-corrected chi connectivity index (χ4v) is 6.01. The third kappa shape index (κ3) is 8.08. The van der Waals surface area contributed by atoms with Gasteiger partial charge in [0.1, 0.15) is 0 Å². The Labute approximate surface area is 254 Å². The molecule has 4 aromatic rings. The highest BCUT2D eigenvalue weighted by atomic mass is 16.2. The van der Waals surface area contributed by atoms with E-state index in [1.807, 2.05) is 77.7 Å². The van der Waals surface area contributed by atoms with Crippen molar-refractivity contribution in [3.63, 3.8) is 0 Å². The second-order valence-corrected chi connectivity index (χ2v) is 11.3. The zero-order chi connectivity index (χ0) is 30.0. The molecule has 1 aliphatic rings. The Morgan fingerprint density at radius 2 is 1.51 bits per heavy atom. The van der Waals surface area contributed by atoms with Gasteiger partial charge in [-0.3, -0.25) is 14.6 Å². The number of fused-ring (bicyclic) bond motifs is 1. The number of nitrogens with two attached hydrogens (primary N) is 2. The van der Waals surface area contributed by atoms with Crippen LogP contribution in [-0.2, 0) is 4.79 Å².